The van der Waals surface area contributed by atoms with E-state index in [1.54, 1.807) is 0 Å². The maximum atomic E-state index is 12.1. The van der Waals surface area contributed by atoms with Gasteiger partial charge in [0, 0.05) is 19.5 Å². The van der Waals surface area contributed by atoms with Gasteiger partial charge in [0.1, 0.15) is 6.04 Å². The second-order valence-electron chi connectivity index (χ2n) is 4.89. The molecule has 2 N–H and O–H groups in total. The number of aliphatic hydroxyl groups excluding tert-OH is 1. The predicted molar refractivity (Wildman–Crippen MR) is 75.0 cm³/mol. The molecule has 1 saturated heterocycles. The highest BCUT2D eigenvalue weighted by Crippen LogP contribution is 2.18. The van der Waals surface area contributed by atoms with Crippen LogP contribution in [0.1, 0.15) is 18.4 Å². The lowest BCUT2D eigenvalue weighted by Gasteiger charge is -2.23. The zero-order chi connectivity index (χ0) is 14.4. The van der Waals surface area contributed by atoms with Crippen LogP contribution in [0.3, 0.4) is 0 Å². The van der Waals surface area contributed by atoms with Crippen molar-refractivity contribution in [3.8, 4) is 0 Å². The van der Waals surface area contributed by atoms with E-state index in [1.165, 1.54) is 10.5 Å². The number of nitrogens with zero attached hydrogens (tertiary/aromatic N) is 1. The van der Waals surface area contributed by atoms with Gasteiger partial charge in [0.15, 0.2) is 0 Å². The molecule has 0 aromatic heterocycles. The molecular weight excluding hydrogens is 256 g/mol. The fourth-order valence-corrected chi connectivity index (χ4v) is 2.49. The molecule has 0 spiro atoms. The molecule has 1 unspecified atom stereocenters. The number of amides is 2. The third-order valence-electron chi connectivity index (χ3n) is 3.53. The maximum absolute atomic E-state index is 12.1. The van der Waals surface area contributed by atoms with E-state index in [2.05, 4.69) is 5.32 Å². The van der Waals surface area contributed by atoms with Gasteiger partial charge in [-0.1, -0.05) is 30.3 Å². The molecule has 1 fully saturated rings. The number of hydrogen-bond donors (Lipinski definition) is 2. The average Bonchev–Trinajstić information content (AvgIpc) is 2.82. The van der Waals surface area contributed by atoms with Crippen molar-refractivity contribution < 1.29 is 14.7 Å². The first kappa shape index (κ1) is 14.5. The van der Waals surface area contributed by atoms with E-state index in [4.69, 9.17) is 5.11 Å². The Morgan fingerprint density at radius 3 is 2.80 bits per heavy atom. The van der Waals surface area contributed by atoms with Gasteiger partial charge in [0.05, 0.1) is 6.61 Å². The number of nitrogens with one attached hydrogen (secondary N) is 1. The van der Waals surface area contributed by atoms with E-state index in [1.807, 2.05) is 30.3 Å². The van der Waals surface area contributed by atoms with Crippen molar-refractivity contribution >= 4 is 11.8 Å². The van der Waals surface area contributed by atoms with Crippen LogP contribution in [0, 0.1) is 0 Å². The predicted octanol–water partition coefficient (Wildman–Crippen LogP) is 0.329. The molecule has 1 aromatic rings. The van der Waals surface area contributed by atoms with Gasteiger partial charge in [-0.3, -0.25) is 9.59 Å². The molecule has 0 radical (unpaired) electrons. The summed E-state index contributed by atoms with van der Waals surface area (Å²) in [5.74, 6) is -0.178. The Morgan fingerprint density at radius 1 is 1.35 bits per heavy atom. The molecule has 1 aliphatic heterocycles. The Kier molecular flexibility index (Phi) is 5.12. The summed E-state index contributed by atoms with van der Waals surface area (Å²) in [4.78, 5) is 25.2. The van der Waals surface area contributed by atoms with Crippen LogP contribution in [0.2, 0.25) is 0 Å². The van der Waals surface area contributed by atoms with Crippen LogP contribution >= 0.6 is 0 Å². The van der Waals surface area contributed by atoms with Crippen molar-refractivity contribution in [2.75, 3.05) is 19.7 Å². The quantitative estimate of drug-likeness (QED) is 0.786. The van der Waals surface area contributed by atoms with Crippen LogP contribution in [0.4, 0.5) is 0 Å². The van der Waals surface area contributed by atoms with Gasteiger partial charge in [-0.15, -0.1) is 0 Å². The number of β-amino-alcohol motifs (C(OH)–C–C–N with tert-alkyl or cyclic N) is 1. The van der Waals surface area contributed by atoms with Crippen LogP contribution in [-0.2, 0) is 16.0 Å². The molecule has 1 heterocycles. The highest BCUT2D eigenvalue weighted by Gasteiger charge is 2.35. The van der Waals surface area contributed by atoms with Crippen molar-refractivity contribution in [1.82, 2.24) is 10.2 Å². The van der Waals surface area contributed by atoms with Crippen molar-refractivity contribution in [2.45, 2.75) is 25.3 Å². The van der Waals surface area contributed by atoms with Crippen LogP contribution < -0.4 is 5.32 Å². The first-order valence-electron chi connectivity index (χ1n) is 6.94. The van der Waals surface area contributed by atoms with Crippen LogP contribution in [-0.4, -0.2) is 47.6 Å². The Hall–Kier alpha value is -1.88. The monoisotopic (exact) mass is 276 g/mol. The molecule has 108 valence electrons. The normalized spacial score (nSPS) is 18.4. The summed E-state index contributed by atoms with van der Waals surface area (Å²) in [6.45, 7) is 0.676. The molecule has 0 aliphatic carbocycles. The van der Waals surface area contributed by atoms with Crippen molar-refractivity contribution in [1.29, 1.82) is 0 Å². The molecule has 0 bridgehead atoms. The van der Waals surface area contributed by atoms with E-state index in [-0.39, 0.29) is 25.0 Å². The number of rotatable bonds is 6. The SMILES string of the molecule is O=C(NCCc1ccccc1)C1CCC(=O)N1CCO. The van der Waals surface area contributed by atoms with Gasteiger partial charge in [-0.25, -0.2) is 0 Å². The smallest absolute Gasteiger partial charge is 0.242 e. The van der Waals surface area contributed by atoms with Crippen LogP contribution in [0.25, 0.3) is 0 Å². The minimum atomic E-state index is -0.426. The Morgan fingerprint density at radius 2 is 2.10 bits per heavy atom. The first-order valence-corrected chi connectivity index (χ1v) is 6.94. The Balaban J connectivity index is 1.81. The van der Waals surface area contributed by atoms with Crippen molar-refractivity contribution in [2.24, 2.45) is 0 Å². The summed E-state index contributed by atoms with van der Waals surface area (Å²) in [6, 6.07) is 9.50. The lowest BCUT2D eigenvalue weighted by atomic mass is 10.1. The van der Waals surface area contributed by atoms with E-state index < -0.39 is 6.04 Å². The largest absolute Gasteiger partial charge is 0.395 e. The fourth-order valence-electron chi connectivity index (χ4n) is 2.49. The molecule has 20 heavy (non-hydrogen) atoms. The number of benzene rings is 1. The molecule has 5 nitrogen and oxygen atoms in total. The first-order chi connectivity index (χ1) is 9.72. The number of hydrogen-bond acceptors (Lipinski definition) is 3. The standard InChI is InChI=1S/C15H20N2O3/c18-11-10-17-13(6-7-14(17)19)15(20)16-9-8-12-4-2-1-3-5-12/h1-5,13,18H,6-11H2,(H,16,20). The molecule has 5 heteroatoms. The highest BCUT2D eigenvalue weighted by molar-refractivity contribution is 5.90. The third-order valence-corrected chi connectivity index (χ3v) is 3.53. The second kappa shape index (κ2) is 7.05. The van der Waals surface area contributed by atoms with Gasteiger partial charge >= 0.3 is 0 Å². The second-order valence-corrected chi connectivity index (χ2v) is 4.89. The topological polar surface area (TPSA) is 69.6 Å². The molecule has 1 aromatic carbocycles. The summed E-state index contributed by atoms with van der Waals surface area (Å²) >= 11 is 0. The lowest BCUT2D eigenvalue weighted by molar-refractivity contribution is -0.135. The van der Waals surface area contributed by atoms with Crippen LogP contribution in [0.5, 0.6) is 0 Å². The minimum absolute atomic E-state index is 0.0535. The minimum Gasteiger partial charge on any atom is -0.395 e. The lowest BCUT2D eigenvalue weighted by Crippen LogP contribution is -2.46. The summed E-state index contributed by atoms with van der Waals surface area (Å²) in [7, 11) is 0. The third kappa shape index (κ3) is 3.57. The average molecular weight is 276 g/mol. The summed E-state index contributed by atoms with van der Waals surface area (Å²) in [5, 5.41) is 11.8. The van der Waals surface area contributed by atoms with E-state index >= 15 is 0 Å². The van der Waals surface area contributed by atoms with Gasteiger partial charge in [-0.05, 0) is 18.4 Å². The Bertz CT molecular complexity index is 461. The molecular formula is C15H20N2O3. The van der Waals surface area contributed by atoms with Crippen molar-refractivity contribution in [3.63, 3.8) is 0 Å². The maximum Gasteiger partial charge on any atom is 0.242 e. The fraction of sp³-hybridized carbons (Fsp3) is 0.467. The summed E-state index contributed by atoms with van der Waals surface area (Å²) < 4.78 is 0. The summed E-state index contributed by atoms with van der Waals surface area (Å²) in [5.41, 5.74) is 1.17. The van der Waals surface area contributed by atoms with Gasteiger partial charge in [0.25, 0.3) is 0 Å². The van der Waals surface area contributed by atoms with Gasteiger partial charge in [0.2, 0.25) is 11.8 Å². The van der Waals surface area contributed by atoms with E-state index in [9.17, 15) is 9.59 Å². The number of aliphatic hydroxyl groups is 1. The zero-order valence-corrected chi connectivity index (χ0v) is 11.4. The van der Waals surface area contributed by atoms with Gasteiger partial charge < -0.3 is 15.3 Å². The van der Waals surface area contributed by atoms with Gasteiger partial charge in [-0.2, -0.15) is 0 Å². The number of likely N-dealkylation sites (tertiary alicyclic amines) is 1. The van der Waals surface area contributed by atoms with Crippen molar-refractivity contribution in [3.05, 3.63) is 35.9 Å². The molecule has 2 rings (SSSR count). The molecule has 2 amide bonds. The molecule has 1 aliphatic rings. The number of carbonyl (C=O) groups excluding carboxylic acids is 2. The number of carbonyl (C=O) groups is 2. The summed E-state index contributed by atoms with van der Waals surface area (Å²) in [6.07, 6.45) is 1.69. The Labute approximate surface area is 118 Å². The van der Waals surface area contributed by atoms with Crippen LogP contribution in [0.15, 0.2) is 30.3 Å². The molecule has 1 atom stereocenters. The zero-order valence-electron chi connectivity index (χ0n) is 11.4. The highest BCUT2D eigenvalue weighted by atomic mass is 16.3. The molecule has 0 saturated carbocycles. The van der Waals surface area contributed by atoms with E-state index in [0.29, 0.717) is 19.4 Å². The van der Waals surface area contributed by atoms with E-state index in [0.717, 1.165) is 6.42 Å².